The highest BCUT2D eigenvalue weighted by molar-refractivity contribution is 5.79. The number of piperidine rings is 1. The molecule has 1 aromatic heterocycles. The zero-order chi connectivity index (χ0) is 20.8. The van der Waals surface area contributed by atoms with Crippen molar-refractivity contribution < 1.29 is 14.3 Å². The Labute approximate surface area is 173 Å². The van der Waals surface area contributed by atoms with Crippen LogP contribution in [0.5, 0.6) is 0 Å². The zero-order valence-electron chi connectivity index (χ0n) is 17.8. The summed E-state index contributed by atoms with van der Waals surface area (Å²) in [6.07, 6.45) is 3.75. The Morgan fingerprint density at radius 1 is 1.28 bits per heavy atom. The Balaban J connectivity index is 1.70. The Morgan fingerprint density at radius 3 is 2.69 bits per heavy atom. The van der Waals surface area contributed by atoms with Crippen LogP contribution in [0.3, 0.4) is 0 Å². The van der Waals surface area contributed by atoms with E-state index in [-0.39, 0.29) is 23.7 Å². The van der Waals surface area contributed by atoms with E-state index in [0.29, 0.717) is 32.5 Å². The van der Waals surface area contributed by atoms with Gasteiger partial charge in [0.05, 0.1) is 12.3 Å². The Morgan fingerprint density at radius 2 is 2.03 bits per heavy atom. The van der Waals surface area contributed by atoms with Crippen molar-refractivity contribution in [3.05, 3.63) is 17.6 Å². The van der Waals surface area contributed by atoms with Crippen LogP contribution in [-0.2, 0) is 14.3 Å². The van der Waals surface area contributed by atoms with Gasteiger partial charge in [-0.3, -0.25) is 9.59 Å². The molecule has 8 heteroatoms. The number of hydrogen-bond donors (Lipinski definition) is 1. The van der Waals surface area contributed by atoms with E-state index in [1.54, 1.807) is 7.11 Å². The number of likely N-dealkylation sites (tertiary alicyclic amines) is 2. The van der Waals surface area contributed by atoms with Gasteiger partial charge in [0.25, 0.3) is 0 Å². The number of methoxy groups -OCH3 is 1. The Bertz CT molecular complexity index is 718. The third-order valence-electron chi connectivity index (χ3n) is 5.89. The van der Waals surface area contributed by atoms with E-state index >= 15 is 0 Å². The molecule has 2 aliphatic rings. The Kier molecular flexibility index (Phi) is 7.41. The van der Waals surface area contributed by atoms with Gasteiger partial charge in [0.15, 0.2) is 0 Å². The maximum atomic E-state index is 12.3. The minimum atomic E-state index is 0.0828. The maximum Gasteiger partial charge on any atom is 0.223 e. The molecule has 2 aliphatic heterocycles. The van der Waals surface area contributed by atoms with Crippen LogP contribution in [0.2, 0.25) is 0 Å². The number of nitrogens with one attached hydrogen (secondary N) is 1. The van der Waals surface area contributed by atoms with E-state index in [0.717, 1.165) is 49.7 Å². The van der Waals surface area contributed by atoms with Gasteiger partial charge in [0.1, 0.15) is 11.6 Å². The van der Waals surface area contributed by atoms with Crippen LogP contribution >= 0.6 is 0 Å². The van der Waals surface area contributed by atoms with Gasteiger partial charge in [0.2, 0.25) is 11.8 Å². The fraction of sp³-hybridized carbons (Fsp3) is 0.714. The van der Waals surface area contributed by atoms with Gasteiger partial charge in [-0.15, -0.1) is 0 Å². The number of carbonyl (C=O) groups is 2. The summed E-state index contributed by atoms with van der Waals surface area (Å²) in [7, 11) is 3.50. The second-order valence-electron chi connectivity index (χ2n) is 7.92. The number of amides is 2. The highest BCUT2D eigenvalue weighted by Crippen LogP contribution is 2.31. The molecule has 2 amide bonds. The van der Waals surface area contributed by atoms with Crippen molar-refractivity contribution in [3.63, 3.8) is 0 Å². The largest absolute Gasteiger partial charge is 0.383 e. The molecule has 0 spiro atoms. The molecule has 8 nitrogen and oxygen atoms in total. The molecule has 1 atom stereocenters. The van der Waals surface area contributed by atoms with Gasteiger partial charge >= 0.3 is 0 Å². The number of hydrogen-bond acceptors (Lipinski definition) is 6. The summed E-state index contributed by atoms with van der Waals surface area (Å²) in [6.45, 7) is 5.40. The van der Waals surface area contributed by atoms with Gasteiger partial charge in [-0.1, -0.05) is 6.92 Å². The molecule has 29 heavy (non-hydrogen) atoms. The van der Waals surface area contributed by atoms with Gasteiger partial charge in [-0.05, 0) is 19.3 Å². The van der Waals surface area contributed by atoms with Gasteiger partial charge in [-0.25, -0.2) is 9.97 Å². The summed E-state index contributed by atoms with van der Waals surface area (Å²) in [5, 5.41) is 3.14. The van der Waals surface area contributed by atoms with E-state index < -0.39 is 0 Å². The monoisotopic (exact) mass is 403 g/mol. The van der Waals surface area contributed by atoms with Crippen LogP contribution < -0.4 is 5.32 Å². The van der Waals surface area contributed by atoms with Gasteiger partial charge < -0.3 is 19.9 Å². The molecule has 1 N–H and O–H groups in total. The quantitative estimate of drug-likeness (QED) is 0.714. The zero-order valence-corrected chi connectivity index (χ0v) is 17.8. The van der Waals surface area contributed by atoms with Crippen molar-refractivity contribution in [2.45, 2.75) is 50.9 Å². The van der Waals surface area contributed by atoms with Crippen molar-refractivity contribution in [2.24, 2.45) is 0 Å². The van der Waals surface area contributed by atoms with E-state index in [1.807, 2.05) is 29.8 Å². The second-order valence-corrected chi connectivity index (χ2v) is 7.92. The lowest BCUT2D eigenvalue weighted by Gasteiger charge is -2.31. The molecule has 0 saturated carbocycles. The number of aromatic nitrogens is 2. The molecule has 0 radical (unpaired) electrons. The van der Waals surface area contributed by atoms with Crippen LogP contribution in [0.15, 0.2) is 6.07 Å². The van der Waals surface area contributed by atoms with Crippen LogP contribution in [0.1, 0.15) is 62.4 Å². The number of carbonyl (C=O) groups excluding carboxylic acids is 2. The summed E-state index contributed by atoms with van der Waals surface area (Å²) in [4.78, 5) is 37.9. The second kappa shape index (κ2) is 10.0. The van der Waals surface area contributed by atoms with Crippen molar-refractivity contribution in [1.82, 2.24) is 19.8 Å². The average molecular weight is 404 g/mol. The minimum Gasteiger partial charge on any atom is -0.383 e. The summed E-state index contributed by atoms with van der Waals surface area (Å²) in [5.41, 5.74) is 0.928. The fourth-order valence-corrected chi connectivity index (χ4v) is 4.15. The van der Waals surface area contributed by atoms with Crippen molar-refractivity contribution in [2.75, 3.05) is 52.3 Å². The molecule has 0 bridgehead atoms. The first-order valence-corrected chi connectivity index (χ1v) is 10.7. The van der Waals surface area contributed by atoms with E-state index in [9.17, 15) is 9.59 Å². The van der Waals surface area contributed by atoms with Crippen molar-refractivity contribution in [1.29, 1.82) is 0 Å². The summed E-state index contributed by atoms with van der Waals surface area (Å²) < 4.78 is 5.11. The van der Waals surface area contributed by atoms with Crippen molar-refractivity contribution >= 4 is 17.6 Å². The van der Waals surface area contributed by atoms with E-state index in [2.05, 4.69) is 5.32 Å². The van der Waals surface area contributed by atoms with E-state index in [4.69, 9.17) is 14.7 Å². The number of nitrogens with zero attached hydrogens (tertiary/aromatic N) is 4. The molecule has 2 saturated heterocycles. The summed E-state index contributed by atoms with van der Waals surface area (Å²) in [5.74, 6) is 2.35. The predicted molar refractivity (Wildman–Crippen MR) is 111 cm³/mol. The molecule has 0 aromatic carbocycles. The lowest BCUT2D eigenvalue weighted by atomic mass is 9.95. The average Bonchev–Trinajstić information content (AvgIpc) is 3.12. The molecule has 2 fully saturated rings. The number of anilines is 1. The standard InChI is InChI=1S/C21H33N5O3/c1-4-5-19(27)25-8-6-15(7-9-25)21-23-17(13-18(22-2)24-21)16-12-20(28)26(14-16)10-11-29-3/h13,15-16H,4-12,14H2,1-3H3,(H,22,23,24)/t16-/m1/s1. The predicted octanol–water partition coefficient (Wildman–Crippen LogP) is 1.99. The molecule has 160 valence electrons. The lowest BCUT2D eigenvalue weighted by Crippen LogP contribution is -2.38. The van der Waals surface area contributed by atoms with Gasteiger partial charge in [0, 0.05) is 71.1 Å². The Hall–Kier alpha value is -2.22. The SMILES string of the molecule is CCCC(=O)N1CCC(c2nc(NC)cc([C@@H]3CC(=O)N(CCOC)C3)n2)CC1. The minimum absolute atomic E-state index is 0.0828. The topological polar surface area (TPSA) is 87.7 Å². The fourth-order valence-electron chi connectivity index (χ4n) is 4.15. The first kappa shape index (κ1) is 21.5. The smallest absolute Gasteiger partial charge is 0.223 e. The van der Waals surface area contributed by atoms with E-state index in [1.165, 1.54) is 0 Å². The van der Waals surface area contributed by atoms with Crippen LogP contribution in [0.4, 0.5) is 5.82 Å². The molecular weight excluding hydrogens is 370 g/mol. The normalized spacial score (nSPS) is 20.4. The first-order chi connectivity index (χ1) is 14.0. The van der Waals surface area contributed by atoms with Crippen LogP contribution in [0, 0.1) is 0 Å². The van der Waals surface area contributed by atoms with Crippen LogP contribution in [0.25, 0.3) is 0 Å². The lowest BCUT2D eigenvalue weighted by molar-refractivity contribution is -0.132. The van der Waals surface area contributed by atoms with Crippen LogP contribution in [-0.4, -0.2) is 78.5 Å². The molecule has 0 unspecified atom stereocenters. The highest BCUT2D eigenvalue weighted by Gasteiger charge is 2.33. The van der Waals surface area contributed by atoms with Gasteiger partial charge in [-0.2, -0.15) is 0 Å². The summed E-state index contributed by atoms with van der Waals surface area (Å²) in [6, 6.07) is 1.96. The molecule has 3 rings (SSSR count). The molecule has 0 aliphatic carbocycles. The third-order valence-corrected chi connectivity index (χ3v) is 5.89. The number of rotatable bonds is 8. The highest BCUT2D eigenvalue weighted by atomic mass is 16.5. The molecular formula is C21H33N5O3. The third kappa shape index (κ3) is 5.23. The summed E-state index contributed by atoms with van der Waals surface area (Å²) >= 11 is 0. The molecule has 1 aromatic rings. The van der Waals surface area contributed by atoms with Crippen molar-refractivity contribution in [3.8, 4) is 0 Å². The first-order valence-electron chi connectivity index (χ1n) is 10.7. The molecule has 3 heterocycles. The maximum absolute atomic E-state index is 12.3. The number of ether oxygens (including phenoxy) is 1.